The van der Waals surface area contributed by atoms with E-state index in [1.807, 2.05) is 25.1 Å². The molecule has 0 saturated carbocycles. The highest BCUT2D eigenvalue weighted by molar-refractivity contribution is 9.10. The molecule has 2 aromatic rings. The van der Waals surface area contributed by atoms with Crippen LogP contribution in [0, 0.1) is 6.92 Å². The third-order valence-electron chi connectivity index (χ3n) is 1.95. The Balaban J connectivity index is 2.95. The normalized spacial score (nSPS) is 10.8. The molecule has 62 valence electrons. The van der Waals surface area contributed by atoms with Crippen LogP contribution in [0.1, 0.15) is 5.56 Å². The van der Waals surface area contributed by atoms with Crippen LogP contribution in [0.5, 0.6) is 0 Å². The molecule has 1 heterocycles. The topological polar surface area (TPSA) is 39.2 Å². The number of nitrogen functional groups attached to an aromatic ring is 1. The zero-order chi connectivity index (χ0) is 8.72. The van der Waals surface area contributed by atoms with Gasteiger partial charge in [0.2, 0.25) is 0 Å². The number of para-hydroxylation sites is 1. The summed E-state index contributed by atoms with van der Waals surface area (Å²) < 4.78 is 6.30. The molecule has 3 heteroatoms. The first-order chi connectivity index (χ1) is 5.70. The second kappa shape index (κ2) is 2.52. The molecular weight excluding hydrogens is 218 g/mol. The van der Waals surface area contributed by atoms with Gasteiger partial charge in [-0.2, -0.15) is 0 Å². The molecule has 1 aromatic carbocycles. The zero-order valence-corrected chi connectivity index (χ0v) is 8.18. The van der Waals surface area contributed by atoms with Gasteiger partial charge in [-0.1, -0.05) is 12.1 Å². The molecule has 0 spiro atoms. The molecule has 0 aliphatic rings. The van der Waals surface area contributed by atoms with Crippen molar-refractivity contribution in [2.75, 3.05) is 5.73 Å². The summed E-state index contributed by atoms with van der Waals surface area (Å²) >= 11 is 3.40. The number of benzene rings is 1. The van der Waals surface area contributed by atoms with Crippen LogP contribution in [0.25, 0.3) is 11.0 Å². The summed E-state index contributed by atoms with van der Waals surface area (Å²) in [4.78, 5) is 0. The van der Waals surface area contributed by atoms with E-state index in [0.717, 1.165) is 21.0 Å². The van der Waals surface area contributed by atoms with Crippen molar-refractivity contribution in [2.45, 2.75) is 6.92 Å². The summed E-state index contributed by atoms with van der Waals surface area (Å²) in [6, 6.07) is 5.90. The predicted octanol–water partition coefficient (Wildman–Crippen LogP) is 3.09. The minimum Gasteiger partial charge on any atom is -0.439 e. The summed E-state index contributed by atoms with van der Waals surface area (Å²) in [7, 11) is 0. The third-order valence-corrected chi connectivity index (χ3v) is 2.58. The molecule has 0 aliphatic heterocycles. The van der Waals surface area contributed by atoms with Crippen LogP contribution >= 0.6 is 15.9 Å². The van der Waals surface area contributed by atoms with Gasteiger partial charge in [-0.05, 0) is 28.9 Å². The van der Waals surface area contributed by atoms with Gasteiger partial charge in [0.25, 0.3) is 0 Å². The Bertz CT molecular complexity index is 433. The highest BCUT2D eigenvalue weighted by atomic mass is 79.9. The zero-order valence-electron chi connectivity index (χ0n) is 6.60. The number of anilines is 1. The van der Waals surface area contributed by atoms with Crippen molar-refractivity contribution in [3.05, 3.63) is 28.2 Å². The maximum Gasteiger partial charge on any atom is 0.194 e. The minimum absolute atomic E-state index is 0.497. The van der Waals surface area contributed by atoms with Gasteiger partial charge < -0.3 is 10.2 Å². The average molecular weight is 226 g/mol. The van der Waals surface area contributed by atoms with Gasteiger partial charge in [0.05, 0.1) is 4.47 Å². The first kappa shape index (κ1) is 7.68. The van der Waals surface area contributed by atoms with E-state index in [1.165, 1.54) is 0 Å². The van der Waals surface area contributed by atoms with Crippen molar-refractivity contribution in [3.63, 3.8) is 0 Å². The Morgan fingerprint density at radius 2 is 2.17 bits per heavy atom. The number of fused-ring (bicyclic) bond motifs is 1. The Morgan fingerprint density at radius 1 is 1.42 bits per heavy atom. The highest BCUT2D eigenvalue weighted by Gasteiger charge is 2.08. The van der Waals surface area contributed by atoms with E-state index in [9.17, 15) is 0 Å². The molecular formula is C9H8BrNO. The van der Waals surface area contributed by atoms with Crippen molar-refractivity contribution in [2.24, 2.45) is 0 Å². The number of furan rings is 1. The largest absolute Gasteiger partial charge is 0.439 e. The first-order valence-corrected chi connectivity index (χ1v) is 4.42. The molecule has 0 aliphatic carbocycles. The molecule has 0 amide bonds. The lowest BCUT2D eigenvalue weighted by molar-refractivity contribution is 0.633. The Kier molecular flexibility index (Phi) is 1.61. The molecule has 2 nitrogen and oxygen atoms in total. The summed E-state index contributed by atoms with van der Waals surface area (Å²) in [6.07, 6.45) is 0. The standard InChI is InChI=1S/C9H8BrNO/c1-5-6-3-2-4-7(10)8(6)12-9(5)11/h2-4H,11H2,1H3. The van der Waals surface area contributed by atoms with Crippen molar-refractivity contribution in [1.82, 2.24) is 0 Å². The number of hydrogen-bond donors (Lipinski definition) is 1. The van der Waals surface area contributed by atoms with Crippen LogP contribution in [0.15, 0.2) is 27.1 Å². The lowest BCUT2D eigenvalue weighted by Crippen LogP contribution is -1.81. The maximum absolute atomic E-state index is 5.63. The van der Waals surface area contributed by atoms with Crippen LogP contribution < -0.4 is 5.73 Å². The first-order valence-electron chi connectivity index (χ1n) is 3.63. The van der Waals surface area contributed by atoms with Gasteiger partial charge in [0, 0.05) is 10.9 Å². The van der Waals surface area contributed by atoms with E-state index in [1.54, 1.807) is 0 Å². The quantitative estimate of drug-likeness (QED) is 0.749. The Labute approximate surface area is 78.5 Å². The summed E-state index contributed by atoms with van der Waals surface area (Å²) in [5, 5.41) is 1.07. The van der Waals surface area contributed by atoms with Gasteiger partial charge in [-0.3, -0.25) is 0 Å². The fourth-order valence-electron chi connectivity index (χ4n) is 1.23. The monoisotopic (exact) mass is 225 g/mol. The number of nitrogens with two attached hydrogens (primary N) is 1. The molecule has 2 N–H and O–H groups in total. The molecule has 2 rings (SSSR count). The van der Waals surface area contributed by atoms with E-state index in [2.05, 4.69) is 15.9 Å². The highest BCUT2D eigenvalue weighted by Crippen LogP contribution is 2.31. The Hall–Kier alpha value is -0.960. The van der Waals surface area contributed by atoms with Crippen LogP contribution in [0.4, 0.5) is 5.88 Å². The van der Waals surface area contributed by atoms with Crippen LogP contribution in [-0.4, -0.2) is 0 Å². The minimum atomic E-state index is 0.497. The van der Waals surface area contributed by atoms with Crippen LogP contribution in [-0.2, 0) is 0 Å². The van der Waals surface area contributed by atoms with E-state index in [-0.39, 0.29) is 0 Å². The second-order valence-electron chi connectivity index (χ2n) is 2.71. The van der Waals surface area contributed by atoms with Gasteiger partial charge >= 0.3 is 0 Å². The van der Waals surface area contributed by atoms with Crippen molar-refractivity contribution >= 4 is 32.8 Å². The summed E-state index contributed by atoms with van der Waals surface area (Å²) in [5.74, 6) is 0.497. The van der Waals surface area contributed by atoms with E-state index < -0.39 is 0 Å². The molecule has 0 bridgehead atoms. The SMILES string of the molecule is Cc1c(N)oc2c(Br)cccc12. The maximum atomic E-state index is 5.63. The number of aryl methyl sites for hydroxylation is 1. The van der Waals surface area contributed by atoms with Crippen molar-refractivity contribution < 1.29 is 4.42 Å². The molecule has 0 fully saturated rings. The van der Waals surface area contributed by atoms with E-state index >= 15 is 0 Å². The predicted molar refractivity (Wildman–Crippen MR) is 53.1 cm³/mol. The van der Waals surface area contributed by atoms with Crippen molar-refractivity contribution in [1.29, 1.82) is 0 Å². The lowest BCUT2D eigenvalue weighted by atomic mass is 10.2. The van der Waals surface area contributed by atoms with Gasteiger partial charge in [-0.25, -0.2) is 0 Å². The smallest absolute Gasteiger partial charge is 0.194 e. The van der Waals surface area contributed by atoms with E-state index in [4.69, 9.17) is 10.2 Å². The Morgan fingerprint density at radius 3 is 2.83 bits per heavy atom. The fourth-order valence-corrected chi connectivity index (χ4v) is 1.67. The molecule has 0 saturated heterocycles. The van der Waals surface area contributed by atoms with Gasteiger partial charge in [0.1, 0.15) is 0 Å². The third kappa shape index (κ3) is 0.932. The van der Waals surface area contributed by atoms with Gasteiger partial charge in [0.15, 0.2) is 11.5 Å². The summed E-state index contributed by atoms with van der Waals surface area (Å²) in [5.41, 5.74) is 7.47. The number of rotatable bonds is 0. The van der Waals surface area contributed by atoms with E-state index in [0.29, 0.717) is 5.88 Å². The molecule has 0 unspecified atom stereocenters. The number of hydrogen-bond acceptors (Lipinski definition) is 2. The fraction of sp³-hybridized carbons (Fsp3) is 0.111. The number of halogens is 1. The molecule has 1 aromatic heterocycles. The second-order valence-corrected chi connectivity index (χ2v) is 3.56. The van der Waals surface area contributed by atoms with Crippen LogP contribution in [0.3, 0.4) is 0 Å². The lowest BCUT2D eigenvalue weighted by Gasteiger charge is -1.90. The summed E-state index contributed by atoms with van der Waals surface area (Å²) in [6.45, 7) is 1.95. The molecule has 0 radical (unpaired) electrons. The average Bonchev–Trinajstić information content (AvgIpc) is 2.32. The molecule has 12 heavy (non-hydrogen) atoms. The molecule has 0 atom stereocenters. The van der Waals surface area contributed by atoms with Crippen molar-refractivity contribution in [3.8, 4) is 0 Å². The van der Waals surface area contributed by atoms with Crippen LogP contribution in [0.2, 0.25) is 0 Å². The van der Waals surface area contributed by atoms with Gasteiger partial charge in [-0.15, -0.1) is 0 Å².